The van der Waals surface area contributed by atoms with Crippen molar-refractivity contribution in [3.8, 4) is 0 Å². The lowest BCUT2D eigenvalue weighted by Gasteiger charge is -2.25. The predicted octanol–water partition coefficient (Wildman–Crippen LogP) is 1.05. The van der Waals surface area contributed by atoms with Crippen LogP contribution in [0.3, 0.4) is 0 Å². The highest BCUT2D eigenvalue weighted by atomic mass is 35.5. The van der Waals surface area contributed by atoms with E-state index < -0.39 is 11.9 Å². The molecule has 1 atom stereocenters. The van der Waals surface area contributed by atoms with Gasteiger partial charge in [0.2, 0.25) is 11.8 Å². The molecule has 0 aliphatic rings. The maximum Gasteiger partial charge on any atom is 0.239 e. The Morgan fingerprint density at radius 3 is 2.35 bits per heavy atom. The van der Waals surface area contributed by atoms with E-state index in [1.165, 1.54) is 0 Å². The monoisotopic (exact) mass is 299 g/mol. The Bertz CT molecular complexity index is 426. The predicted molar refractivity (Wildman–Crippen MR) is 81.2 cm³/mol. The largest absolute Gasteiger partial charge is 0.370 e. The first-order valence-electron chi connectivity index (χ1n) is 6.41. The zero-order valence-electron chi connectivity index (χ0n) is 11.6. The summed E-state index contributed by atoms with van der Waals surface area (Å²) >= 11 is 0. The number of hydrogen-bond acceptors (Lipinski definition) is 3. The van der Waals surface area contributed by atoms with Crippen LogP contribution in [0.2, 0.25) is 0 Å². The molecule has 4 N–H and O–H groups in total. The van der Waals surface area contributed by atoms with E-state index in [1.807, 2.05) is 37.3 Å². The number of amides is 2. The lowest BCUT2D eigenvalue weighted by atomic mass is 10.1. The van der Waals surface area contributed by atoms with Gasteiger partial charge in [-0.15, -0.1) is 12.4 Å². The van der Waals surface area contributed by atoms with Crippen molar-refractivity contribution in [1.82, 2.24) is 4.90 Å². The van der Waals surface area contributed by atoms with Crippen LogP contribution in [0.15, 0.2) is 30.3 Å². The fourth-order valence-electron chi connectivity index (χ4n) is 1.73. The molecule has 6 heteroatoms. The minimum atomic E-state index is -0.531. The van der Waals surface area contributed by atoms with Gasteiger partial charge in [-0.3, -0.25) is 9.59 Å². The van der Waals surface area contributed by atoms with Crippen molar-refractivity contribution in [3.63, 3.8) is 0 Å². The van der Waals surface area contributed by atoms with Gasteiger partial charge < -0.3 is 16.4 Å². The molecule has 1 rings (SSSR count). The van der Waals surface area contributed by atoms with Gasteiger partial charge in [-0.1, -0.05) is 37.3 Å². The van der Waals surface area contributed by atoms with E-state index >= 15 is 0 Å². The van der Waals surface area contributed by atoms with Gasteiger partial charge in [0.25, 0.3) is 0 Å². The summed E-state index contributed by atoms with van der Waals surface area (Å²) < 4.78 is 0. The standard InChI is InChI=1S/C14H21N3O2.ClH/c1-2-12(15)14(19)17(9-8-13(16)18)10-11-6-4-3-5-7-11;/h3-7,12H,2,8-10,15H2,1H3,(H2,16,18);1H/t12-;/m0./s1. The molecule has 0 radical (unpaired) electrons. The third-order valence-corrected chi connectivity index (χ3v) is 2.91. The lowest BCUT2D eigenvalue weighted by Crippen LogP contribution is -2.44. The van der Waals surface area contributed by atoms with Gasteiger partial charge in [0.1, 0.15) is 0 Å². The fraction of sp³-hybridized carbons (Fsp3) is 0.429. The zero-order valence-corrected chi connectivity index (χ0v) is 12.4. The third-order valence-electron chi connectivity index (χ3n) is 2.91. The van der Waals surface area contributed by atoms with Crippen LogP contribution >= 0.6 is 12.4 Å². The summed E-state index contributed by atoms with van der Waals surface area (Å²) in [5.74, 6) is -0.566. The highest BCUT2D eigenvalue weighted by molar-refractivity contribution is 5.85. The summed E-state index contributed by atoms with van der Waals surface area (Å²) in [6.07, 6.45) is 0.718. The van der Waals surface area contributed by atoms with Crippen molar-refractivity contribution in [2.75, 3.05) is 6.54 Å². The Balaban J connectivity index is 0.00000361. The van der Waals surface area contributed by atoms with Crippen LogP contribution in [-0.4, -0.2) is 29.3 Å². The number of carbonyl (C=O) groups excluding carboxylic acids is 2. The number of primary amides is 1. The van der Waals surface area contributed by atoms with E-state index in [-0.39, 0.29) is 24.7 Å². The molecular formula is C14H22ClN3O2. The van der Waals surface area contributed by atoms with Crippen molar-refractivity contribution >= 4 is 24.2 Å². The Morgan fingerprint density at radius 2 is 1.85 bits per heavy atom. The van der Waals surface area contributed by atoms with Gasteiger partial charge in [0, 0.05) is 19.5 Å². The third kappa shape index (κ3) is 6.04. The molecule has 5 nitrogen and oxygen atoms in total. The van der Waals surface area contributed by atoms with Gasteiger partial charge in [-0.2, -0.15) is 0 Å². The van der Waals surface area contributed by atoms with Crippen molar-refractivity contribution < 1.29 is 9.59 Å². The Hall–Kier alpha value is -1.59. The molecule has 0 bridgehead atoms. The molecule has 112 valence electrons. The first-order chi connectivity index (χ1) is 9.04. The van der Waals surface area contributed by atoms with E-state index in [1.54, 1.807) is 4.90 Å². The van der Waals surface area contributed by atoms with Crippen LogP contribution < -0.4 is 11.5 Å². The fourth-order valence-corrected chi connectivity index (χ4v) is 1.73. The van der Waals surface area contributed by atoms with Crippen molar-refractivity contribution in [3.05, 3.63) is 35.9 Å². The maximum atomic E-state index is 12.1. The van der Waals surface area contributed by atoms with Crippen LogP contribution in [-0.2, 0) is 16.1 Å². The van der Waals surface area contributed by atoms with E-state index in [0.717, 1.165) is 5.56 Å². The molecule has 2 amide bonds. The number of benzene rings is 1. The first kappa shape index (κ1) is 18.4. The molecule has 0 saturated carbocycles. The summed E-state index contributed by atoms with van der Waals surface area (Å²) in [4.78, 5) is 24.6. The quantitative estimate of drug-likeness (QED) is 0.788. The molecule has 0 aliphatic heterocycles. The van der Waals surface area contributed by atoms with Gasteiger partial charge in [0.05, 0.1) is 6.04 Å². The molecule has 1 aromatic rings. The number of hydrogen-bond donors (Lipinski definition) is 2. The second-order valence-corrected chi connectivity index (χ2v) is 4.48. The van der Waals surface area contributed by atoms with Crippen LogP contribution in [0.4, 0.5) is 0 Å². The van der Waals surface area contributed by atoms with Crippen molar-refractivity contribution in [1.29, 1.82) is 0 Å². The SMILES string of the molecule is CC[C@H](N)C(=O)N(CCC(N)=O)Cc1ccccc1.Cl. The molecule has 0 aliphatic carbocycles. The number of rotatable bonds is 7. The number of halogens is 1. The number of nitrogens with two attached hydrogens (primary N) is 2. The average Bonchev–Trinajstić information content (AvgIpc) is 2.42. The molecule has 1 aromatic carbocycles. The van der Waals surface area contributed by atoms with E-state index in [0.29, 0.717) is 19.5 Å². The van der Waals surface area contributed by atoms with Gasteiger partial charge >= 0.3 is 0 Å². The second-order valence-electron chi connectivity index (χ2n) is 4.48. The smallest absolute Gasteiger partial charge is 0.239 e. The Morgan fingerprint density at radius 1 is 1.25 bits per heavy atom. The van der Waals surface area contributed by atoms with Crippen LogP contribution in [0.25, 0.3) is 0 Å². The molecular weight excluding hydrogens is 278 g/mol. The van der Waals surface area contributed by atoms with Gasteiger partial charge in [-0.05, 0) is 12.0 Å². The molecule has 0 heterocycles. The molecule has 20 heavy (non-hydrogen) atoms. The highest BCUT2D eigenvalue weighted by Crippen LogP contribution is 2.07. The minimum Gasteiger partial charge on any atom is -0.370 e. The average molecular weight is 300 g/mol. The van der Waals surface area contributed by atoms with Crippen molar-refractivity contribution in [2.45, 2.75) is 32.4 Å². The minimum absolute atomic E-state index is 0. The molecule has 0 aromatic heterocycles. The van der Waals surface area contributed by atoms with Crippen molar-refractivity contribution in [2.24, 2.45) is 11.5 Å². The first-order valence-corrected chi connectivity index (χ1v) is 6.41. The normalized spacial score (nSPS) is 11.3. The summed E-state index contributed by atoms with van der Waals surface area (Å²) in [7, 11) is 0. The topological polar surface area (TPSA) is 89.4 Å². The van der Waals surface area contributed by atoms with E-state index in [4.69, 9.17) is 11.5 Å². The van der Waals surface area contributed by atoms with E-state index in [2.05, 4.69) is 0 Å². The highest BCUT2D eigenvalue weighted by Gasteiger charge is 2.20. The summed E-state index contributed by atoms with van der Waals surface area (Å²) in [5, 5.41) is 0. The number of nitrogens with zero attached hydrogens (tertiary/aromatic N) is 1. The second kappa shape index (κ2) is 9.34. The summed E-state index contributed by atoms with van der Waals surface area (Å²) in [5.41, 5.74) is 11.9. The summed E-state index contributed by atoms with van der Waals surface area (Å²) in [6, 6.07) is 9.06. The zero-order chi connectivity index (χ0) is 14.3. The van der Waals surface area contributed by atoms with Crippen LogP contribution in [0, 0.1) is 0 Å². The molecule has 0 fully saturated rings. The van der Waals surface area contributed by atoms with Crippen LogP contribution in [0.1, 0.15) is 25.3 Å². The number of carbonyl (C=O) groups is 2. The molecule has 0 unspecified atom stereocenters. The lowest BCUT2D eigenvalue weighted by molar-refractivity contribution is -0.133. The molecule has 0 spiro atoms. The Kier molecular flexibility index (Phi) is 8.59. The summed E-state index contributed by atoms with van der Waals surface area (Å²) in [6.45, 7) is 2.61. The Labute approximate surface area is 125 Å². The van der Waals surface area contributed by atoms with Gasteiger partial charge in [0.15, 0.2) is 0 Å². The van der Waals surface area contributed by atoms with Gasteiger partial charge in [-0.25, -0.2) is 0 Å². The maximum absolute atomic E-state index is 12.1. The van der Waals surface area contributed by atoms with E-state index in [9.17, 15) is 9.59 Å². The molecule has 0 saturated heterocycles. The van der Waals surface area contributed by atoms with Crippen LogP contribution in [0.5, 0.6) is 0 Å².